The van der Waals surface area contributed by atoms with Crippen molar-refractivity contribution in [2.75, 3.05) is 40.3 Å². The van der Waals surface area contributed by atoms with E-state index in [1.54, 1.807) is 11.3 Å². The highest BCUT2D eigenvalue weighted by Crippen LogP contribution is 2.19. The maximum absolute atomic E-state index is 12.2. The molecule has 128 valence electrons. The molecule has 0 radical (unpaired) electrons. The van der Waals surface area contributed by atoms with Crippen molar-refractivity contribution in [3.63, 3.8) is 0 Å². The van der Waals surface area contributed by atoms with Crippen molar-refractivity contribution in [3.05, 3.63) is 22.4 Å². The van der Waals surface area contributed by atoms with E-state index in [-0.39, 0.29) is 17.7 Å². The summed E-state index contributed by atoms with van der Waals surface area (Å²) in [7, 11) is 4.06. The lowest BCUT2D eigenvalue weighted by atomic mass is 9.95. The van der Waals surface area contributed by atoms with E-state index in [2.05, 4.69) is 10.2 Å². The summed E-state index contributed by atoms with van der Waals surface area (Å²) in [5.41, 5.74) is 0. The first kappa shape index (κ1) is 17.9. The second-order valence-electron chi connectivity index (χ2n) is 6.36. The minimum atomic E-state index is 0.0557. The molecule has 1 aromatic heterocycles. The average Bonchev–Trinajstić information content (AvgIpc) is 3.04. The monoisotopic (exact) mass is 337 g/mol. The van der Waals surface area contributed by atoms with Gasteiger partial charge < -0.3 is 15.1 Å². The molecule has 0 saturated carbocycles. The number of nitrogens with zero attached hydrogens (tertiary/aromatic N) is 2. The van der Waals surface area contributed by atoms with Crippen molar-refractivity contribution in [1.29, 1.82) is 0 Å². The van der Waals surface area contributed by atoms with Crippen LogP contribution >= 0.6 is 11.3 Å². The zero-order chi connectivity index (χ0) is 16.7. The highest BCUT2D eigenvalue weighted by Gasteiger charge is 2.27. The van der Waals surface area contributed by atoms with E-state index in [1.165, 1.54) is 0 Å². The topological polar surface area (TPSA) is 52.7 Å². The van der Waals surface area contributed by atoms with Gasteiger partial charge in [-0.1, -0.05) is 6.07 Å². The molecule has 1 aromatic rings. The van der Waals surface area contributed by atoms with Crippen molar-refractivity contribution in [3.8, 4) is 0 Å². The zero-order valence-electron chi connectivity index (χ0n) is 14.1. The third kappa shape index (κ3) is 5.95. The van der Waals surface area contributed by atoms with Gasteiger partial charge in [-0.2, -0.15) is 0 Å². The largest absolute Gasteiger partial charge is 0.356 e. The molecule has 2 amide bonds. The molecule has 1 fully saturated rings. The number of hydrogen-bond donors (Lipinski definition) is 1. The Morgan fingerprint density at radius 2 is 2.09 bits per heavy atom. The molecule has 1 N–H and O–H groups in total. The number of thiophene rings is 1. The smallest absolute Gasteiger partial charge is 0.227 e. The van der Waals surface area contributed by atoms with Crippen molar-refractivity contribution in [2.24, 2.45) is 5.92 Å². The summed E-state index contributed by atoms with van der Waals surface area (Å²) in [6.45, 7) is 3.10. The summed E-state index contributed by atoms with van der Waals surface area (Å²) in [6.07, 6.45) is 3.00. The predicted molar refractivity (Wildman–Crippen MR) is 93.5 cm³/mol. The van der Waals surface area contributed by atoms with Crippen LogP contribution in [0, 0.1) is 5.92 Å². The van der Waals surface area contributed by atoms with Gasteiger partial charge in [-0.05, 0) is 51.3 Å². The van der Waals surface area contributed by atoms with Crippen LogP contribution in [-0.4, -0.2) is 61.9 Å². The third-order valence-corrected chi connectivity index (χ3v) is 5.08. The summed E-state index contributed by atoms with van der Waals surface area (Å²) in [5.74, 6) is 0.381. The Hall–Kier alpha value is -1.40. The first-order valence-corrected chi connectivity index (χ1v) is 9.17. The highest BCUT2D eigenvalue weighted by molar-refractivity contribution is 7.10. The Morgan fingerprint density at radius 3 is 2.70 bits per heavy atom. The van der Waals surface area contributed by atoms with Crippen LogP contribution in [0.5, 0.6) is 0 Å². The normalized spacial score (nSPS) is 15.9. The number of nitrogens with one attached hydrogen (secondary N) is 1. The lowest BCUT2D eigenvalue weighted by molar-refractivity contribution is -0.135. The summed E-state index contributed by atoms with van der Waals surface area (Å²) in [5, 5.41) is 5.02. The molecule has 6 heteroatoms. The molecule has 1 aliphatic heterocycles. The van der Waals surface area contributed by atoms with Gasteiger partial charge >= 0.3 is 0 Å². The number of carbonyl (C=O) groups is 2. The zero-order valence-corrected chi connectivity index (χ0v) is 14.9. The average molecular weight is 337 g/mol. The minimum absolute atomic E-state index is 0.0557. The van der Waals surface area contributed by atoms with Crippen LogP contribution in [0.3, 0.4) is 0 Å². The first-order valence-electron chi connectivity index (χ1n) is 8.29. The van der Waals surface area contributed by atoms with Crippen LogP contribution in [-0.2, 0) is 16.0 Å². The first-order chi connectivity index (χ1) is 11.1. The number of piperidine rings is 1. The van der Waals surface area contributed by atoms with Crippen molar-refractivity contribution in [1.82, 2.24) is 15.1 Å². The molecular formula is C17H27N3O2S. The van der Waals surface area contributed by atoms with Crippen LogP contribution in [0.2, 0.25) is 0 Å². The molecule has 1 aliphatic rings. The molecule has 23 heavy (non-hydrogen) atoms. The molecule has 5 nitrogen and oxygen atoms in total. The van der Waals surface area contributed by atoms with Gasteiger partial charge in [0.25, 0.3) is 0 Å². The predicted octanol–water partition coefficient (Wildman–Crippen LogP) is 1.60. The maximum atomic E-state index is 12.2. The van der Waals surface area contributed by atoms with E-state index < -0.39 is 0 Å². The van der Waals surface area contributed by atoms with Gasteiger partial charge in [0, 0.05) is 30.4 Å². The fourth-order valence-corrected chi connectivity index (χ4v) is 3.51. The van der Waals surface area contributed by atoms with E-state index >= 15 is 0 Å². The van der Waals surface area contributed by atoms with Gasteiger partial charge in [0.1, 0.15) is 0 Å². The maximum Gasteiger partial charge on any atom is 0.227 e. The van der Waals surface area contributed by atoms with E-state index in [1.807, 2.05) is 36.5 Å². The summed E-state index contributed by atoms with van der Waals surface area (Å²) < 4.78 is 0. The molecule has 0 spiro atoms. The summed E-state index contributed by atoms with van der Waals surface area (Å²) >= 11 is 1.62. The summed E-state index contributed by atoms with van der Waals surface area (Å²) in [6, 6.07) is 3.97. The Bertz CT molecular complexity index is 494. The van der Waals surface area contributed by atoms with E-state index in [4.69, 9.17) is 0 Å². The Kier molecular flexibility index (Phi) is 7.05. The quantitative estimate of drug-likeness (QED) is 0.769. The Morgan fingerprint density at radius 1 is 1.35 bits per heavy atom. The lowest BCUT2D eigenvalue weighted by Crippen LogP contribution is -2.43. The van der Waals surface area contributed by atoms with Crippen molar-refractivity contribution in [2.45, 2.75) is 25.7 Å². The molecule has 0 aliphatic carbocycles. The standard InChI is InChI=1S/C17H27N3O2S/c1-19(2)9-4-8-18-17(22)14-6-10-20(11-7-14)16(21)13-15-5-3-12-23-15/h3,5,12,14H,4,6-11,13H2,1-2H3,(H,18,22). The summed E-state index contributed by atoms with van der Waals surface area (Å²) in [4.78, 5) is 29.5. The second-order valence-corrected chi connectivity index (χ2v) is 7.39. The van der Waals surface area contributed by atoms with Crippen LogP contribution in [0.25, 0.3) is 0 Å². The van der Waals surface area contributed by atoms with Gasteiger partial charge in [0.15, 0.2) is 0 Å². The van der Waals surface area contributed by atoms with Crippen LogP contribution in [0.4, 0.5) is 0 Å². The molecule has 0 atom stereocenters. The van der Waals surface area contributed by atoms with E-state index in [9.17, 15) is 9.59 Å². The number of carbonyl (C=O) groups excluding carboxylic acids is 2. The third-order valence-electron chi connectivity index (χ3n) is 4.21. The van der Waals surface area contributed by atoms with Gasteiger partial charge in [-0.3, -0.25) is 9.59 Å². The van der Waals surface area contributed by atoms with Gasteiger partial charge in [0.05, 0.1) is 6.42 Å². The number of likely N-dealkylation sites (tertiary alicyclic amines) is 1. The number of amides is 2. The van der Waals surface area contributed by atoms with Crippen molar-refractivity contribution < 1.29 is 9.59 Å². The van der Waals surface area contributed by atoms with E-state index in [0.717, 1.165) is 37.2 Å². The van der Waals surface area contributed by atoms with Gasteiger partial charge in [-0.25, -0.2) is 0 Å². The van der Waals surface area contributed by atoms with Crippen LogP contribution in [0.15, 0.2) is 17.5 Å². The molecule has 1 saturated heterocycles. The molecule has 2 rings (SSSR count). The van der Waals surface area contributed by atoms with E-state index in [0.29, 0.717) is 19.5 Å². The van der Waals surface area contributed by atoms with Gasteiger partial charge in [-0.15, -0.1) is 11.3 Å². The molecular weight excluding hydrogens is 310 g/mol. The molecule has 2 heterocycles. The molecule has 0 aromatic carbocycles. The fraction of sp³-hybridized carbons (Fsp3) is 0.647. The van der Waals surface area contributed by atoms with Crippen LogP contribution < -0.4 is 5.32 Å². The minimum Gasteiger partial charge on any atom is -0.356 e. The highest BCUT2D eigenvalue weighted by atomic mass is 32.1. The SMILES string of the molecule is CN(C)CCCNC(=O)C1CCN(C(=O)Cc2cccs2)CC1. The van der Waals surface area contributed by atoms with Crippen LogP contribution in [0.1, 0.15) is 24.1 Å². The molecule has 0 unspecified atom stereocenters. The lowest BCUT2D eigenvalue weighted by Gasteiger charge is -2.31. The Labute approximate surface area is 142 Å². The van der Waals surface area contributed by atoms with Gasteiger partial charge in [0.2, 0.25) is 11.8 Å². The second kappa shape index (κ2) is 9.03. The van der Waals surface area contributed by atoms with Crippen molar-refractivity contribution >= 4 is 23.2 Å². The Balaban J connectivity index is 1.66. The number of rotatable bonds is 7. The fourth-order valence-electron chi connectivity index (χ4n) is 2.82. The number of hydrogen-bond acceptors (Lipinski definition) is 4. The molecule has 0 bridgehead atoms.